The van der Waals surface area contributed by atoms with Crippen LogP contribution in [0.3, 0.4) is 0 Å². The van der Waals surface area contributed by atoms with Gasteiger partial charge >= 0.3 is 0 Å². The van der Waals surface area contributed by atoms with Crippen LogP contribution in [0.15, 0.2) is 23.1 Å². The number of hydrogen-bond donors (Lipinski definition) is 2. The molecular weight excluding hydrogens is 432 g/mol. The molecule has 0 unspecified atom stereocenters. The van der Waals surface area contributed by atoms with Gasteiger partial charge in [0.2, 0.25) is 5.43 Å². The lowest BCUT2D eigenvalue weighted by Crippen LogP contribution is -2.57. The van der Waals surface area contributed by atoms with Gasteiger partial charge in [-0.25, -0.2) is 13.2 Å². The Kier molecular flexibility index (Phi) is 4.20. The van der Waals surface area contributed by atoms with Gasteiger partial charge in [-0.05, 0) is 19.3 Å². The first-order chi connectivity index (χ1) is 16.0. The predicted octanol–water partition coefficient (Wildman–Crippen LogP) is 1.63. The number of halogens is 3. The molecule has 2 N–H and O–H groups in total. The normalized spacial score (nSPS) is 25.0. The molecule has 0 radical (unpaired) electrons. The molecule has 2 fully saturated rings. The summed E-state index contributed by atoms with van der Waals surface area (Å²) in [4.78, 5) is 40.0. The monoisotopic (exact) mass is 452 g/mol. The maximum absolute atomic E-state index is 14.1. The van der Waals surface area contributed by atoms with Crippen LogP contribution < -0.4 is 10.7 Å². The highest BCUT2D eigenvalue weighted by Gasteiger charge is 2.47. The summed E-state index contributed by atoms with van der Waals surface area (Å²) >= 11 is 0. The van der Waals surface area contributed by atoms with E-state index in [1.54, 1.807) is 5.32 Å². The molecule has 5 rings (SSSR count). The molecule has 1 aliphatic carbocycles. The lowest BCUT2D eigenvalue weighted by atomic mass is 10.1. The molecule has 2 amide bonds. The van der Waals surface area contributed by atoms with E-state index in [1.807, 2.05) is 0 Å². The van der Waals surface area contributed by atoms with E-state index < -0.39 is 64.3 Å². The Bertz CT molecular complexity index is 1280. The summed E-state index contributed by atoms with van der Waals surface area (Å²) in [6, 6.07) is 0.406. The second-order valence-corrected chi connectivity index (χ2v) is 7.94. The summed E-state index contributed by atoms with van der Waals surface area (Å²) in [6.07, 6.45) is 2.42. The number of aromatic nitrogens is 1. The van der Waals surface area contributed by atoms with Crippen LogP contribution in [0.25, 0.3) is 0 Å². The number of carbonyl (C=O) groups is 2. The summed E-state index contributed by atoms with van der Waals surface area (Å²) < 4.78 is 64.2. The number of ether oxygens (including phenoxy) is 1. The van der Waals surface area contributed by atoms with Crippen molar-refractivity contribution in [2.75, 3.05) is 0 Å². The number of benzene rings is 1. The fraction of sp³-hybridized carbons (Fsp3) is 0.381. The molecule has 8 nitrogen and oxygen atoms in total. The van der Waals surface area contributed by atoms with Gasteiger partial charge in [0.15, 0.2) is 17.7 Å². The number of aromatic hydroxyl groups is 1. The Morgan fingerprint density at radius 1 is 1.25 bits per heavy atom. The van der Waals surface area contributed by atoms with Gasteiger partial charge < -0.3 is 24.6 Å². The van der Waals surface area contributed by atoms with Crippen molar-refractivity contribution in [1.82, 2.24) is 14.8 Å². The zero-order chi connectivity index (χ0) is 24.5. The van der Waals surface area contributed by atoms with Crippen molar-refractivity contribution in [1.29, 1.82) is 0 Å². The molecule has 2 aliphatic heterocycles. The Labute approximate surface area is 182 Å². The molecule has 11 heteroatoms. The first-order valence-corrected chi connectivity index (χ1v) is 9.90. The van der Waals surface area contributed by atoms with Gasteiger partial charge in [0.05, 0.1) is 15.4 Å². The number of pyridine rings is 1. The highest BCUT2D eigenvalue weighted by molar-refractivity contribution is 5.99. The second kappa shape index (κ2) is 7.37. The van der Waals surface area contributed by atoms with Crippen molar-refractivity contribution < 1.29 is 35.3 Å². The van der Waals surface area contributed by atoms with Gasteiger partial charge in [0.25, 0.3) is 11.8 Å². The minimum absolute atomic E-state index is 0.0102. The maximum Gasteiger partial charge on any atom is 0.276 e. The molecule has 168 valence electrons. The number of fused-ring (bicyclic) bond motifs is 5. The fourth-order valence-corrected chi connectivity index (χ4v) is 4.56. The zero-order valence-corrected chi connectivity index (χ0v) is 16.4. The van der Waals surface area contributed by atoms with Gasteiger partial charge in [0, 0.05) is 36.4 Å². The van der Waals surface area contributed by atoms with Gasteiger partial charge in [-0.15, -0.1) is 0 Å². The van der Waals surface area contributed by atoms with E-state index in [9.17, 15) is 32.7 Å². The standard InChI is InChI=1S/C21H18F3N3O5/c22-9-3-14(23)12(15(24)4-9)6-25-20(30)13-7-26-8-16-27(10-1-2-11(5-10)32-16)21(31)17(26)19(29)18(13)28/h3-4,7,10-11,16,29H,1-2,5-6,8H2,(H,25,30)/t10-,11+,16+/m0/s1/i6D2,25+1. The minimum atomic E-state index is -3.18. The summed E-state index contributed by atoms with van der Waals surface area (Å²) in [5.41, 5.74) is -3.60. The van der Waals surface area contributed by atoms with Crippen LogP contribution in [0, 0.1) is 17.5 Å². The summed E-state index contributed by atoms with van der Waals surface area (Å²) in [5, 5.41) is 12.2. The van der Waals surface area contributed by atoms with Crippen LogP contribution in [0.4, 0.5) is 13.2 Å². The molecule has 3 heterocycles. The van der Waals surface area contributed by atoms with Crippen molar-refractivity contribution in [3.8, 4) is 5.75 Å². The number of nitrogens with zero attached hydrogens (tertiary/aromatic N) is 2. The summed E-state index contributed by atoms with van der Waals surface area (Å²) in [5.74, 6) is -7.48. The highest BCUT2D eigenvalue weighted by Crippen LogP contribution is 2.38. The van der Waals surface area contributed by atoms with Gasteiger partial charge in [-0.1, -0.05) is 0 Å². The average molecular weight is 452 g/mol. The van der Waals surface area contributed by atoms with Gasteiger partial charge in [-0.3, -0.25) is 14.4 Å². The molecule has 3 atom stereocenters. The first kappa shape index (κ1) is 18.3. The largest absolute Gasteiger partial charge is 0.503 e. The van der Waals surface area contributed by atoms with E-state index in [-0.39, 0.29) is 36.5 Å². The lowest BCUT2D eigenvalue weighted by Gasteiger charge is -2.44. The molecule has 1 aromatic heterocycles. The minimum Gasteiger partial charge on any atom is -0.503 e. The van der Waals surface area contributed by atoms with Crippen molar-refractivity contribution in [2.24, 2.45) is 0 Å². The Hall–Kier alpha value is -3.34. The molecule has 32 heavy (non-hydrogen) atoms. The number of rotatable bonds is 3. The third-order valence-electron chi connectivity index (χ3n) is 6.01. The lowest BCUT2D eigenvalue weighted by molar-refractivity contribution is -0.132. The quantitative estimate of drug-likeness (QED) is 0.690. The van der Waals surface area contributed by atoms with E-state index in [1.165, 1.54) is 9.47 Å². The summed E-state index contributed by atoms with van der Waals surface area (Å²) in [6.45, 7) is -3.17. The third kappa shape index (κ3) is 3.15. The molecular formula is C21H18F3N3O5. The van der Waals surface area contributed by atoms with E-state index in [0.29, 0.717) is 6.42 Å². The predicted molar refractivity (Wildman–Crippen MR) is 102 cm³/mol. The number of amides is 2. The van der Waals surface area contributed by atoms with Gasteiger partial charge in [0.1, 0.15) is 23.0 Å². The molecule has 1 saturated heterocycles. The van der Waals surface area contributed by atoms with E-state index >= 15 is 0 Å². The van der Waals surface area contributed by atoms with Crippen molar-refractivity contribution in [2.45, 2.75) is 50.7 Å². The number of nitrogens with one attached hydrogen (secondary N) is 1. The Balaban J connectivity index is 1.50. The van der Waals surface area contributed by atoms with Crippen LogP contribution in [0.1, 0.15) is 48.4 Å². The van der Waals surface area contributed by atoms with Crippen LogP contribution >= 0.6 is 0 Å². The molecule has 2 aromatic rings. The second-order valence-electron chi connectivity index (χ2n) is 7.94. The van der Waals surface area contributed by atoms with E-state index in [2.05, 4.69) is 0 Å². The highest BCUT2D eigenvalue weighted by atomic mass is 19.1. The maximum atomic E-state index is 14.1. The smallest absolute Gasteiger partial charge is 0.276 e. The number of carbonyl (C=O) groups excluding carboxylic acids is 2. The van der Waals surface area contributed by atoms with Gasteiger partial charge in [-0.2, -0.15) is 0 Å². The molecule has 0 spiro atoms. The average Bonchev–Trinajstić information content (AvgIpc) is 3.09. The van der Waals surface area contributed by atoms with Crippen molar-refractivity contribution in [3.05, 3.63) is 62.8 Å². The molecule has 2 bridgehead atoms. The molecule has 3 aliphatic rings. The first-order valence-electron chi connectivity index (χ1n) is 10.9. The number of hydrogen-bond acceptors (Lipinski definition) is 5. The third-order valence-corrected chi connectivity index (χ3v) is 6.01. The Morgan fingerprint density at radius 2 is 1.97 bits per heavy atom. The van der Waals surface area contributed by atoms with E-state index in [0.717, 1.165) is 19.0 Å². The van der Waals surface area contributed by atoms with Crippen LogP contribution in [-0.2, 0) is 17.8 Å². The topological polar surface area (TPSA) is 101 Å². The molecule has 1 aromatic carbocycles. The fourth-order valence-electron chi connectivity index (χ4n) is 4.56. The van der Waals surface area contributed by atoms with E-state index in [4.69, 9.17) is 7.48 Å². The Morgan fingerprint density at radius 3 is 2.69 bits per heavy atom. The summed E-state index contributed by atoms with van der Waals surface area (Å²) in [7, 11) is 0. The van der Waals surface area contributed by atoms with Crippen molar-refractivity contribution in [3.63, 3.8) is 0 Å². The SMILES string of the molecule is [2H]C([2H])([15NH]C(=O)c1cn2c(c(O)c1=O)C(=O)N1[C@H]3CC[C@H](C3)O[C@@H]1C2)c1c(F)cc(F)cc1F. The van der Waals surface area contributed by atoms with Crippen LogP contribution in [-0.4, -0.2) is 44.8 Å². The molecule has 1 saturated carbocycles. The van der Waals surface area contributed by atoms with Crippen LogP contribution in [0.2, 0.25) is 0 Å². The van der Waals surface area contributed by atoms with Crippen molar-refractivity contribution >= 4 is 11.8 Å². The van der Waals surface area contributed by atoms with Crippen LogP contribution in [0.5, 0.6) is 5.75 Å². The zero-order valence-electron chi connectivity index (χ0n) is 18.4.